The van der Waals surface area contributed by atoms with E-state index in [0.29, 0.717) is 71.6 Å². The number of amides is 1. The lowest BCUT2D eigenvalue weighted by molar-refractivity contribution is -0.242. The van der Waals surface area contributed by atoms with Gasteiger partial charge in [0.2, 0.25) is 6.29 Å². The molecule has 0 radical (unpaired) electrons. The second-order valence-electron chi connectivity index (χ2n) is 9.17. The lowest BCUT2D eigenvalue weighted by Crippen LogP contribution is -2.54. The zero-order valence-corrected chi connectivity index (χ0v) is 24.4. The van der Waals surface area contributed by atoms with Crippen molar-refractivity contribution in [3.05, 3.63) is 29.3 Å². The number of carbonyl (C=O) groups excluding carboxylic acids is 2. The summed E-state index contributed by atoms with van der Waals surface area (Å²) in [4.78, 5) is 28.5. The Morgan fingerprint density at radius 2 is 1.42 bits per heavy atom. The van der Waals surface area contributed by atoms with Gasteiger partial charge in [-0.15, -0.1) is 0 Å². The molecule has 16 nitrogen and oxygen atoms in total. The lowest BCUT2D eigenvalue weighted by Gasteiger charge is -2.35. The van der Waals surface area contributed by atoms with Crippen LogP contribution in [0.25, 0.3) is 0 Å². The fourth-order valence-corrected chi connectivity index (χ4v) is 3.56. The summed E-state index contributed by atoms with van der Waals surface area (Å²) in [5.74, 6) is 3.95. The number of aliphatic hydroxyl groups is 3. The SMILES string of the molecule is CC(=O)OCc1ccc(O[C@@H]2OC[C@@H](O)[C@H](O)[C@H]2O)c(C(=O)NCCOCCOCCOCCOCCOCCON)c1. The average molecular weight is 621 g/mol. The molecule has 1 aliphatic heterocycles. The molecule has 1 heterocycles. The maximum atomic E-state index is 13.0. The molecule has 1 aromatic rings. The highest BCUT2D eigenvalue weighted by molar-refractivity contribution is 5.97. The Morgan fingerprint density at radius 3 is 1.98 bits per heavy atom. The first-order chi connectivity index (χ1) is 20.8. The molecule has 6 N–H and O–H groups in total. The third-order valence-electron chi connectivity index (χ3n) is 5.79. The van der Waals surface area contributed by atoms with E-state index in [0.717, 1.165) is 0 Å². The number of aliphatic hydroxyl groups excluding tert-OH is 3. The Bertz CT molecular complexity index is 924. The van der Waals surface area contributed by atoms with Crippen molar-refractivity contribution in [1.82, 2.24) is 5.32 Å². The van der Waals surface area contributed by atoms with Crippen LogP contribution >= 0.6 is 0 Å². The van der Waals surface area contributed by atoms with Crippen LogP contribution in [0, 0.1) is 0 Å². The van der Waals surface area contributed by atoms with E-state index in [1.807, 2.05) is 0 Å². The molecular weight excluding hydrogens is 576 g/mol. The van der Waals surface area contributed by atoms with Gasteiger partial charge >= 0.3 is 5.97 Å². The van der Waals surface area contributed by atoms with Crippen molar-refractivity contribution >= 4 is 11.9 Å². The van der Waals surface area contributed by atoms with Crippen LogP contribution in [0.4, 0.5) is 0 Å². The number of nitrogens with two attached hydrogens (primary N) is 1. The summed E-state index contributed by atoms with van der Waals surface area (Å²) < 4.78 is 42.8. The largest absolute Gasteiger partial charge is 0.461 e. The summed E-state index contributed by atoms with van der Waals surface area (Å²) in [6.07, 6.45) is -5.62. The van der Waals surface area contributed by atoms with Gasteiger partial charge in [0.1, 0.15) is 30.7 Å². The van der Waals surface area contributed by atoms with Crippen molar-refractivity contribution in [2.75, 3.05) is 85.8 Å². The van der Waals surface area contributed by atoms with E-state index in [-0.39, 0.29) is 37.7 Å². The number of esters is 1. The molecule has 4 atom stereocenters. The fraction of sp³-hybridized carbons (Fsp3) is 0.704. The Balaban J connectivity index is 1.64. The molecule has 0 aliphatic carbocycles. The van der Waals surface area contributed by atoms with Gasteiger partial charge in [0, 0.05) is 13.5 Å². The molecular formula is C27H44N2O14. The standard InChI is InChI=1S/C27H44N2O14/c1-19(30)40-17-20-2-3-23(43-27-25(33)24(32)22(31)18-41-27)21(16-20)26(34)29-4-5-35-6-7-36-8-9-37-10-11-38-12-13-39-14-15-42-28/h2-3,16,22,24-25,27,31-33H,4-15,17-18,28H2,1H3,(H,29,34)/t22-,24+,25-,27+/m1/s1. The smallest absolute Gasteiger partial charge is 0.302 e. The number of benzene rings is 1. The van der Waals surface area contributed by atoms with E-state index in [2.05, 4.69) is 10.2 Å². The Labute approximate surface area is 250 Å². The monoisotopic (exact) mass is 620 g/mol. The number of carbonyl (C=O) groups is 2. The van der Waals surface area contributed by atoms with Crippen molar-refractivity contribution in [3.8, 4) is 5.75 Å². The predicted molar refractivity (Wildman–Crippen MR) is 147 cm³/mol. The molecule has 246 valence electrons. The van der Waals surface area contributed by atoms with Crippen LogP contribution in [0.5, 0.6) is 5.75 Å². The van der Waals surface area contributed by atoms with E-state index in [1.54, 1.807) is 6.07 Å². The molecule has 0 unspecified atom stereocenters. The second kappa shape index (κ2) is 22.1. The summed E-state index contributed by atoms with van der Waals surface area (Å²) in [6, 6.07) is 4.52. The van der Waals surface area contributed by atoms with Crippen LogP contribution in [0.1, 0.15) is 22.8 Å². The summed E-state index contributed by atoms with van der Waals surface area (Å²) in [6.45, 7) is 5.33. The van der Waals surface area contributed by atoms with E-state index >= 15 is 0 Å². The number of hydrogen-bond donors (Lipinski definition) is 5. The third kappa shape index (κ3) is 15.2. The molecule has 0 bridgehead atoms. The fourth-order valence-electron chi connectivity index (χ4n) is 3.56. The van der Waals surface area contributed by atoms with Gasteiger partial charge in [-0.3, -0.25) is 9.59 Å². The van der Waals surface area contributed by atoms with Gasteiger partial charge in [-0.05, 0) is 17.7 Å². The van der Waals surface area contributed by atoms with Gasteiger partial charge in [-0.2, -0.15) is 0 Å². The molecule has 1 fully saturated rings. The normalized spacial score (nSPS) is 20.1. The van der Waals surface area contributed by atoms with Crippen LogP contribution in [0.3, 0.4) is 0 Å². The first-order valence-corrected chi connectivity index (χ1v) is 13.9. The highest BCUT2D eigenvalue weighted by Gasteiger charge is 2.39. The molecule has 16 heteroatoms. The zero-order valence-electron chi connectivity index (χ0n) is 24.4. The molecule has 1 aromatic carbocycles. The summed E-state index contributed by atoms with van der Waals surface area (Å²) in [7, 11) is 0. The number of hydrogen-bond acceptors (Lipinski definition) is 15. The van der Waals surface area contributed by atoms with E-state index in [4.69, 9.17) is 43.8 Å². The Morgan fingerprint density at radius 1 is 0.860 bits per heavy atom. The van der Waals surface area contributed by atoms with Crippen LogP contribution in [0.2, 0.25) is 0 Å². The number of ether oxygens (including phenoxy) is 8. The van der Waals surface area contributed by atoms with Gasteiger partial charge in [-0.25, -0.2) is 5.90 Å². The van der Waals surface area contributed by atoms with Crippen molar-refractivity contribution in [3.63, 3.8) is 0 Å². The maximum Gasteiger partial charge on any atom is 0.302 e. The topological polar surface area (TPSA) is 216 Å². The molecule has 43 heavy (non-hydrogen) atoms. The summed E-state index contributed by atoms with van der Waals surface area (Å²) in [5.41, 5.74) is 0.610. The molecule has 1 saturated heterocycles. The highest BCUT2D eigenvalue weighted by atomic mass is 16.7. The van der Waals surface area contributed by atoms with Gasteiger partial charge in [0.05, 0.1) is 84.8 Å². The van der Waals surface area contributed by atoms with E-state index in [9.17, 15) is 24.9 Å². The predicted octanol–water partition coefficient (Wildman–Crippen LogP) is -1.73. The van der Waals surface area contributed by atoms with Crippen molar-refractivity contribution in [2.45, 2.75) is 38.1 Å². The minimum atomic E-state index is -1.55. The minimum absolute atomic E-state index is 0.0581. The van der Waals surface area contributed by atoms with E-state index in [1.165, 1.54) is 19.1 Å². The number of rotatable bonds is 23. The van der Waals surface area contributed by atoms with Crippen LogP contribution in [0.15, 0.2) is 18.2 Å². The van der Waals surface area contributed by atoms with Gasteiger partial charge < -0.3 is 63.4 Å². The molecule has 1 amide bonds. The highest BCUT2D eigenvalue weighted by Crippen LogP contribution is 2.26. The lowest BCUT2D eigenvalue weighted by atomic mass is 10.1. The number of nitrogens with one attached hydrogen (secondary N) is 1. The van der Waals surface area contributed by atoms with Crippen molar-refractivity contribution in [1.29, 1.82) is 0 Å². The van der Waals surface area contributed by atoms with Crippen LogP contribution in [-0.2, 0) is 49.4 Å². The first-order valence-electron chi connectivity index (χ1n) is 13.9. The van der Waals surface area contributed by atoms with Gasteiger partial charge in [-0.1, -0.05) is 6.07 Å². The average Bonchev–Trinajstić information content (AvgIpc) is 3.00. The van der Waals surface area contributed by atoms with Crippen LogP contribution < -0.4 is 16.0 Å². The van der Waals surface area contributed by atoms with Crippen molar-refractivity contribution in [2.24, 2.45) is 5.90 Å². The summed E-state index contributed by atoms with van der Waals surface area (Å²) in [5, 5.41) is 32.5. The summed E-state index contributed by atoms with van der Waals surface area (Å²) >= 11 is 0. The third-order valence-corrected chi connectivity index (χ3v) is 5.79. The maximum absolute atomic E-state index is 13.0. The molecule has 1 aliphatic rings. The second-order valence-corrected chi connectivity index (χ2v) is 9.17. The zero-order chi connectivity index (χ0) is 31.3. The van der Waals surface area contributed by atoms with Gasteiger partial charge in [0.15, 0.2) is 0 Å². The molecule has 0 spiro atoms. The van der Waals surface area contributed by atoms with Crippen LogP contribution in [-0.4, -0.2) is 138 Å². The molecule has 0 aromatic heterocycles. The molecule has 0 saturated carbocycles. The first kappa shape index (κ1) is 36.7. The quantitative estimate of drug-likeness (QED) is 0.0522. The minimum Gasteiger partial charge on any atom is -0.461 e. The Kier molecular flexibility index (Phi) is 18.9. The van der Waals surface area contributed by atoms with Crippen molar-refractivity contribution < 1.29 is 67.6 Å². The Hall–Kier alpha value is -2.48. The van der Waals surface area contributed by atoms with Gasteiger partial charge in [0.25, 0.3) is 5.91 Å². The van der Waals surface area contributed by atoms with E-state index < -0.39 is 36.5 Å². The molecule has 2 rings (SSSR count).